The molecule has 2 amide bonds. The lowest BCUT2D eigenvalue weighted by Gasteiger charge is -2.16. The number of fused-ring (bicyclic) bond motifs is 1. The van der Waals surface area contributed by atoms with E-state index in [0.29, 0.717) is 16.3 Å². The molecule has 25 heavy (non-hydrogen) atoms. The quantitative estimate of drug-likeness (QED) is 0.686. The summed E-state index contributed by atoms with van der Waals surface area (Å²) in [5.74, 6) is -2.00. The largest absolute Gasteiger partial charge is 0.480 e. The summed E-state index contributed by atoms with van der Waals surface area (Å²) in [6.45, 7) is 3.42. The Hall–Kier alpha value is -2.12. The van der Waals surface area contributed by atoms with Crippen molar-refractivity contribution in [1.82, 2.24) is 10.6 Å². The van der Waals surface area contributed by atoms with Crippen LogP contribution in [-0.4, -0.2) is 35.5 Å². The van der Waals surface area contributed by atoms with Crippen LogP contribution in [0.1, 0.15) is 29.9 Å². The first-order valence-corrected chi connectivity index (χ1v) is 8.96. The molecule has 6 nitrogen and oxygen atoms in total. The lowest BCUT2D eigenvalue weighted by molar-refractivity contribution is -0.142. The Morgan fingerprint density at radius 1 is 1.24 bits per heavy atom. The van der Waals surface area contributed by atoms with E-state index in [1.54, 1.807) is 0 Å². The van der Waals surface area contributed by atoms with Crippen molar-refractivity contribution in [2.75, 3.05) is 6.54 Å². The van der Waals surface area contributed by atoms with Crippen LogP contribution in [0.2, 0.25) is 5.02 Å². The minimum atomic E-state index is -1.10. The Bertz CT molecular complexity index is 803. The lowest BCUT2D eigenvalue weighted by Crippen LogP contribution is -2.46. The van der Waals surface area contributed by atoms with Crippen LogP contribution < -0.4 is 10.6 Å². The molecule has 2 aromatic rings. The average molecular weight is 383 g/mol. The topological polar surface area (TPSA) is 95.5 Å². The molecule has 0 aliphatic heterocycles. The number of carboxylic acid groups (broad SMARTS) is 1. The Kier molecular flexibility index (Phi) is 6.39. The fourth-order valence-electron chi connectivity index (χ4n) is 2.34. The van der Waals surface area contributed by atoms with E-state index < -0.39 is 23.8 Å². The number of hydrogen-bond donors (Lipinski definition) is 3. The van der Waals surface area contributed by atoms with Gasteiger partial charge in [-0.25, -0.2) is 4.79 Å². The summed E-state index contributed by atoms with van der Waals surface area (Å²) in [5.41, 5.74) is 0. The van der Waals surface area contributed by atoms with E-state index in [-0.39, 0.29) is 12.5 Å². The number of amides is 2. The molecule has 0 aliphatic carbocycles. The van der Waals surface area contributed by atoms with Gasteiger partial charge in [-0.2, -0.15) is 0 Å². The second kappa shape index (κ2) is 8.31. The number of hydrogen-bond acceptors (Lipinski definition) is 4. The zero-order chi connectivity index (χ0) is 18.6. The van der Waals surface area contributed by atoms with Crippen molar-refractivity contribution < 1.29 is 19.5 Å². The first-order chi connectivity index (χ1) is 11.8. The molecule has 1 aromatic carbocycles. The zero-order valence-corrected chi connectivity index (χ0v) is 15.4. The maximum Gasteiger partial charge on any atom is 0.326 e. The van der Waals surface area contributed by atoms with Gasteiger partial charge in [0.15, 0.2) is 0 Å². The summed E-state index contributed by atoms with van der Waals surface area (Å²) in [5, 5.41) is 15.2. The molecule has 1 aromatic heterocycles. The number of nitrogens with one attached hydrogen (secondary N) is 2. The predicted octanol–water partition coefficient (Wildman–Crippen LogP) is 2.90. The minimum absolute atomic E-state index is 0.119. The molecule has 2 rings (SSSR count). The molecule has 0 radical (unpaired) electrons. The zero-order valence-electron chi connectivity index (χ0n) is 13.8. The fraction of sp³-hybridized carbons (Fsp3) is 0.353. The molecule has 3 N–H and O–H groups in total. The van der Waals surface area contributed by atoms with Crippen molar-refractivity contribution in [2.45, 2.75) is 26.3 Å². The highest BCUT2D eigenvalue weighted by Crippen LogP contribution is 2.34. The molecular formula is C17H19ClN2O4S. The first-order valence-electron chi connectivity index (χ1n) is 7.77. The van der Waals surface area contributed by atoms with Crippen LogP contribution in [0.4, 0.5) is 0 Å². The lowest BCUT2D eigenvalue weighted by atomic mass is 10.0. The molecule has 0 fully saturated rings. The second-order valence-electron chi connectivity index (χ2n) is 6.01. The van der Waals surface area contributed by atoms with Crippen molar-refractivity contribution >= 4 is 50.8 Å². The van der Waals surface area contributed by atoms with Crippen molar-refractivity contribution in [2.24, 2.45) is 5.92 Å². The SMILES string of the molecule is CC(C)CC(NC(=O)CNC(=O)c1sc2ccccc2c1Cl)C(=O)O. The van der Waals surface area contributed by atoms with Crippen LogP contribution in [0, 0.1) is 5.92 Å². The molecular weight excluding hydrogens is 364 g/mol. The molecule has 0 spiro atoms. The van der Waals surface area contributed by atoms with Gasteiger partial charge in [0.1, 0.15) is 10.9 Å². The van der Waals surface area contributed by atoms with E-state index >= 15 is 0 Å². The van der Waals surface area contributed by atoms with Crippen LogP contribution in [0.15, 0.2) is 24.3 Å². The van der Waals surface area contributed by atoms with Gasteiger partial charge in [-0.15, -0.1) is 11.3 Å². The van der Waals surface area contributed by atoms with E-state index in [2.05, 4.69) is 10.6 Å². The van der Waals surface area contributed by atoms with Gasteiger partial charge in [-0.1, -0.05) is 43.6 Å². The van der Waals surface area contributed by atoms with E-state index in [1.807, 2.05) is 38.1 Å². The normalized spacial score (nSPS) is 12.2. The van der Waals surface area contributed by atoms with Gasteiger partial charge in [-0.3, -0.25) is 9.59 Å². The fourth-order valence-corrected chi connectivity index (χ4v) is 3.77. The Morgan fingerprint density at radius 2 is 1.92 bits per heavy atom. The second-order valence-corrected chi connectivity index (χ2v) is 7.44. The number of halogens is 1. The number of thiophene rings is 1. The Balaban J connectivity index is 1.97. The Labute approximate surface area is 154 Å². The van der Waals surface area contributed by atoms with Crippen molar-refractivity contribution in [1.29, 1.82) is 0 Å². The number of rotatable bonds is 7. The third-order valence-corrected chi connectivity index (χ3v) is 5.17. The van der Waals surface area contributed by atoms with Gasteiger partial charge in [0, 0.05) is 10.1 Å². The average Bonchev–Trinajstić information content (AvgIpc) is 2.89. The van der Waals surface area contributed by atoms with Gasteiger partial charge in [-0.05, 0) is 18.4 Å². The summed E-state index contributed by atoms with van der Waals surface area (Å²) in [4.78, 5) is 35.7. The third kappa shape index (κ3) is 4.93. The molecule has 0 aliphatic rings. The third-order valence-electron chi connectivity index (χ3n) is 3.49. The smallest absolute Gasteiger partial charge is 0.326 e. The van der Waals surface area contributed by atoms with Gasteiger partial charge in [0.25, 0.3) is 5.91 Å². The monoisotopic (exact) mass is 382 g/mol. The van der Waals surface area contributed by atoms with Crippen molar-refractivity contribution in [3.8, 4) is 0 Å². The van der Waals surface area contributed by atoms with Gasteiger partial charge >= 0.3 is 5.97 Å². The summed E-state index contributed by atoms with van der Waals surface area (Å²) >= 11 is 7.46. The van der Waals surface area contributed by atoms with Crippen LogP contribution in [0.5, 0.6) is 0 Å². The molecule has 1 unspecified atom stereocenters. The van der Waals surface area contributed by atoms with Crippen LogP contribution in [-0.2, 0) is 9.59 Å². The number of carbonyl (C=O) groups is 3. The van der Waals surface area contributed by atoms with Crippen LogP contribution >= 0.6 is 22.9 Å². The van der Waals surface area contributed by atoms with E-state index in [1.165, 1.54) is 11.3 Å². The maximum atomic E-state index is 12.3. The molecule has 1 heterocycles. The standard InChI is InChI=1S/C17H19ClN2O4S/c1-9(2)7-11(17(23)24)20-13(21)8-19-16(22)15-14(18)10-5-3-4-6-12(10)25-15/h3-6,9,11H,7-8H2,1-2H3,(H,19,22)(H,20,21)(H,23,24). The maximum absolute atomic E-state index is 12.3. The predicted molar refractivity (Wildman–Crippen MR) is 98.2 cm³/mol. The summed E-state index contributed by atoms with van der Waals surface area (Å²) in [7, 11) is 0. The molecule has 0 saturated heterocycles. The molecule has 8 heteroatoms. The van der Waals surface area contributed by atoms with Crippen LogP contribution in [0.25, 0.3) is 10.1 Å². The van der Waals surface area contributed by atoms with Crippen molar-refractivity contribution in [3.63, 3.8) is 0 Å². The van der Waals surface area contributed by atoms with Gasteiger partial charge in [0.05, 0.1) is 11.6 Å². The molecule has 0 bridgehead atoms. The molecule has 0 saturated carbocycles. The van der Waals surface area contributed by atoms with Gasteiger partial charge < -0.3 is 15.7 Å². The Morgan fingerprint density at radius 3 is 2.52 bits per heavy atom. The highest BCUT2D eigenvalue weighted by atomic mass is 35.5. The first kappa shape index (κ1) is 19.2. The van der Waals surface area contributed by atoms with E-state index in [9.17, 15) is 14.4 Å². The van der Waals surface area contributed by atoms with Crippen LogP contribution in [0.3, 0.4) is 0 Å². The molecule has 134 valence electrons. The number of aliphatic carboxylic acids is 1. The number of carbonyl (C=O) groups excluding carboxylic acids is 2. The number of benzene rings is 1. The van der Waals surface area contributed by atoms with Crippen molar-refractivity contribution in [3.05, 3.63) is 34.2 Å². The van der Waals surface area contributed by atoms with E-state index in [0.717, 1.165) is 10.1 Å². The summed E-state index contributed by atoms with van der Waals surface area (Å²) in [6, 6.07) is 6.39. The highest BCUT2D eigenvalue weighted by Gasteiger charge is 2.22. The van der Waals surface area contributed by atoms with Gasteiger partial charge in [0.2, 0.25) is 5.91 Å². The molecule has 1 atom stereocenters. The minimum Gasteiger partial charge on any atom is -0.480 e. The summed E-state index contributed by atoms with van der Waals surface area (Å²) < 4.78 is 0.880. The number of carboxylic acids is 1. The van der Waals surface area contributed by atoms with E-state index in [4.69, 9.17) is 16.7 Å². The summed E-state index contributed by atoms with van der Waals surface area (Å²) in [6.07, 6.45) is 0.317. The highest BCUT2D eigenvalue weighted by molar-refractivity contribution is 7.21.